The standard InChI is InChI=1S/C15H21FN2OSi/c1-15(2,3)20(4,5)19-14-10-11-18(17-14)13-9-7-6-8-12(13)16/h6-11H,1-5H3. The molecule has 0 aliphatic heterocycles. The normalized spacial score (nSPS) is 12.5. The van der Waals surface area contributed by atoms with Crippen LogP contribution in [0.15, 0.2) is 36.5 Å². The summed E-state index contributed by atoms with van der Waals surface area (Å²) in [6.07, 6.45) is 1.72. The van der Waals surface area contributed by atoms with Crippen LogP contribution in [-0.2, 0) is 0 Å². The summed E-state index contributed by atoms with van der Waals surface area (Å²) in [5, 5.41) is 4.44. The zero-order valence-corrected chi connectivity index (χ0v) is 13.6. The molecule has 0 bridgehead atoms. The van der Waals surface area contributed by atoms with Gasteiger partial charge in [0.15, 0.2) is 0 Å². The lowest BCUT2D eigenvalue weighted by Gasteiger charge is -2.35. The number of benzene rings is 1. The fourth-order valence-electron chi connectivity index (χ4n) is 1.55. The molecular formula is C15H21FN2OSi. The molecule has 0 amide bonds. The molecule has 108 valence electrons. The number of rotatable bonds is 3. The molecule has 0 radical (unpaired) electrons. The van der Waals surface area contributed by atoms with E-state index in [0.717, 1.165) is 0 Å². The van der Waals surface area contributed by atoms with Gasteiger partial charge in [0.1, 0.15) is 11.5 Å². The number of nitrogens with zero attached hydrogens (tertiary/aromatic N) is 2. The van der Waals surface area contributed by atoms with E-state index < -0.39 is 8.32 Å². The molecule has 3 nitrogen and oxygen atoms in total. The van der Waals surface area contributed by atoms with Crippen LogP contribution in [0.4, 0.5) is 4.39 Å². The van der Waals surface area contributed by atoms with Crippen molar-refractivity contribution in [1.29, 1.82) is 0 Å². The Kier molecular flexibility index (Phi) is 3.73. The van der Waals surface area contributed by atoms with Crippen molar-refractivity contribution in [2.24, 2.45) is 0 Å². The highest BCUT2D eigenvalue weighted by molar-refractivity contribution is 6.74. The molecule has 0 saturated carbocycles. The molecule has 20 heavy (non-hydrogen) atoms. The fraction of sp³-hybridized carbons (Fsp3) is 0.400. The second-order valence-electron chi connectivity index (χ2n) is 6.41. The molecule has 2 rings (SSSR count). The smallest absolute Gasteiger partial charge is 0.252 e. The highest BCUT2D eigenvalue weighted by atomic mass is 28.4. The van der Waals surface area contributed by atoms with Crippen molar-refractivity contribution >= 4 is 8.32 Å². The third-order valence-electron chi connectivity index (χ3n) is 3.83. The summed E-state index contributed by atoms with van der Waals surface area (Å²) in [5.41, 5.74) is 0.428. The number of hydrogen-bond acceptors (Lipinski definition) is 2. The van der Waals surface area contributed by atoms with Gasteiger partial charge in [-0.15, -0.1) is 5.10 Å². The maximum atomic E-state index is 13.7. The summed E-state index contributed by atoms with van der Waals surface area (Å²) in [4.78, 5) is 0. The summed E-state index contributed by atoms with van der Waals surface area (Å²) in [6, 6.07) is 8.35. The van der Waals surface area contributed by atoms with E-state index >= 15 is 0 Å². The quantitative estimate of drug-likeness (QED) is 0.784. The molecule has 5 heteroatoms. The maximum absolute atomic E-state index is 13.7. The van der Waals surface area contributed by atoms with Crippen molar-refractivity contribution < 1.29 is 8.82 Å². The molecule has 0 unspecified atom stereocenters. The largest absolute Gasteiger partial charge is 0.530 e. The molecule has 1 aromatic carbocycles. The van der Waals surface area contributed by atoms with Crippen LogP contribution in [-0.4, -0.2) is 18.1 Å². The number of para-hydroxylation sites is 1. The van der Waals surface area contributed by atoms with Crippen molar-refractivity contribution in [2.75, 3.05) is 0 Å². The van der Waals surface area contributed by atoms with Crippen molar-refractivity contribution in [2.45, 2.75) is 38.9 Å². The Bertz CT molecular complexity index is 602. The fourth-order valence-corrected chi connectivity index (χ4v) is 2.49. The highest BCUT2D eigenvalue weighted by Crippen LogP contribution is 2.36. The van der Waals surface area contributed by atoms with E-state index in [4.69, 9.17) is 4.43 Å². The van der Waals surface area contributed by atoms with Gasteiger partial charge in [-0.1, -0.05) is 32.9 Å². The Morgan fingerprint density at radius 3 is 2.40 bits per heavy atom. The Hall–Kier alpha value is -1.62. The Balaban J connectivity index is 2.25. The van der Waals surface area contributed by atoms with Crippen LogP contribution in [0.25, 0.3) is 5.69 Å². The predicted molar refractivity (Wildman–Crippen MR) is 81.3 cm³/mol. The van der Waals surface area contributed by atoms with Gasteiger partial charge < -0.3 is 4.43 Å². The van der Waals surface area contributed by atoms with Gasteiger partial charge in [-0.05, 0) is 30.3 Å². The van der Waals surface area contributed by atoms with Crippen LogP contribution in [0, 0.1) is 5.82 Å². The van der Waals surface area contributed by atoms with Gasteiger partial charge in [-0.25, -0.2) is 9.07 Å². The summed E-state index contributed by atoms with van der Waals surface area (Å²) < 4.78 is 21.3. The summed E-state index contributed by atoms with van der Waals surface area (Å²) in [7, 11) is -1.92. The molecular weight excluding hydrogens is 271 g/mol. The average Bonchev–Trinajstić information content (AvgIpc) is 2.75. The third kappa shape index (κ3) is 2.93. The van der Waals surface area contributed by atoms with E-state index in [2.05, 4.69) is 39.0 Å². The molecule has 2 aromatic rings. The molecule has 0 aliphatic rings. The molecule has 1 heterocycles. The van der Waals surface area contributed by atoms with Gasteiger partial charge in [0.2, 0.25) is 5.88 Å². The van der Waals surface area contributed by atoms with Crippen LogP contribution in [0.2, 0.25) is 18.1 Å². The third-order valence-corrected chi connectivity index (χ3v) is 8.16. The van der Waals surface area contributed by atoms with Gasteiger partial charge >= 0.3 is 0 Å². The van der Waals surface area contributed by atoms with Gasteiger partial charge in [0.05, 0.1) is 0 Å². The van der Waals surface area contributed by atoms with Crippen LogP contribution in [0.1, 0.15) is 20.8 Å². The van der Waals surface area contributed by atoms with Crippen molar-refractivity contribution in [1.82, 2.24) is 9.78 Å². The lowest BCUT2D eigenvalue weighted by molar-refractivity contribution is 0.471. The van der Waals surface area contributed by atoms with Crippen LogP contribution in [0.5, 0.6) is 5.88 Å². The SMILES string of the molecule is CC(C)(C)[Si](C)(C)Oc1ccn(-c2ccccc2F)n1. The molecule has 0 spiro atoms. The van der Waals surface area contributed by atoms with E-state index in [0.29, 0.717) is 11.6 Å². The molecule has 0 fully saturated rings. The van der Waals surface area contributed by atoms with Gasteiger partial charge in [0, 0.05) is 12.3 Å². The van der Waals surface area contributed by atoms with Crippen molar-refractivity contribution in [3.63, 3.8) is 0 Å². The molecule has 0 aliphatic carbocycles. The predicted octanol–water partition coefficient (Wildman–Crippen LogP) is 4.40. The average molecular weight is 292 g/mol. The van der Waals surface area contributed by atoms with Crippen LogP contribution >= 0.6 is 0 Å². The van der Waals surface area contributed by atoms with Crippen molar-refractivity contribution in [3.8, 4) is 11.6 Å². The number of hydrogen-bond donors (Lipinski definition) is 0. The Morgan fingerprint density at radius 1 is 1.15 bits per heavy atom. The number of halogens is 1. The van der Waals surface area contributed by atoms with E-state index in [1.165, 1.54) is 10.7 Å². The summed E-state index contributed by atoms with van der Waals surface area (Å²) >= 11 is 0. The van der Waals surface area contributed by atoms with Gasteiger partial charge in [-0.2, -0.15) is 0 Å². The minimum Gasteiger partial charge on any atom is -0.530 e. The zero-order valence-electron chi connectivity index (χ0n) is 12.6. The van der Waals surface area contributed by atoms with Gasteiger partial charge in [-0.3, -0.25) is 0 Å². The first-order chi connectivity index (χ1) is 9.21. The summed E-state index contributed by atoms with van der Waals surface area (Å²) in [6.45, 7) is 10.8. The van der Waals surface area contributed by atoms with Crippen molar-refractivity contribution in [3.05, 3.63) is 42.3 Å². The number of aromatic nitrogens is 2. The van der Waals surface area contributed by atoms with E-state index in [1.807, 2.05) is 0 Å². The first-order valence-electron chi connectivity index (χ1n) is 6.70. The zero-order chi connectivity index (χ0) is 15.0. The molecule has 1 aromatic heterocycles. The maximum Gasteiger partial charge on any atom is 0.252 e. The minimum absolute atomic E-state index is 0.106. The lowest BCUT2D eigenvalue weighted by Crippen LogP contribution is -2.44. The Labute approximate surface area is 120 Å². The first kappa shape index (κ1) is 14.8. The minimum atomic E-state index is -1.92. The van der Waals surface area contributed by atoms with Gasteiger partial charge in [0.25, 0.3) is 8.32 Å². The summed E-state index contributed by atoms with van der Waals surface area (Å²) in [5.74, 6) is 0.259. The Morgan fingerprint density at radius 2 is 1.80 bits per heavy atom. The molecule has 0 N–H and O–H groups in total. The first-order valence-corrected chi connectivity index (χ1v) is 9.61. The van der Waals surface area contributed by atoms with E-state index in [1.54, 1.807) is 30.5 Å². The topological polar surface area (TPSA) is 27.1 Å². The van der Waals surface area contributed by atoms with E-state index in [-0.39, 0.29) is 10.9 Å². The van der Waals surface area contributed by atoms with Crippen LogP contribution in [0.3, 0.4) is 0 Å². The monoisotopic (exact) mass is 292 g/mol. The van der Waals surface area contributed by atoms with Crippen LogP contribution < -0.4 is 4.43 Å². The highest BCUT2D eigenvalue weighted by Gasteiger charge is 2.39. The van der Waals surface area contributed by atoms with E-state index in [9.17, 15) is 4.39 Å². The second kappa shape index (κ2) is 5.05. The lowest BCUT2D eigenvalue weighted by atomic mass is 10.2. The molecule has 0 atom stereocenters. The second-order valence-corrected chi connectivity index (χ2v) is 11.1. The molecule has 0 saturated heterocycles.